The van der Waals surface area contributed by atoms with Crippen LogP contribution in [0.5, 0.6) is 0 Å². The quantitative estimate of drug-likeness (QED) is 0.749. The smallest absolute Gasteiger partial charge is 0.308 e. The molecule has 0 aliphatic heterocycles. The number of carboxylic acids is 1. The van der Waals surface area contributed by atoms with Crippen molar-refractivity contribution in [1.29, 1.82) is 0 Å². The van der Waals surface area contributed by atoms with Crippen molar-refractivity contribution in [1.82, 2.24) is 15.1 Å². The third kappa shape index (κ3) is 2.90. The minimum Gasteiger partial charge on any atom is -0.481 e. The van der Waals surface area contributed by atoms with Crippen LogP contribution in [0, 0.1) is 19.8 Å². The van der Waals surface area contributed by atoms with Gasteiger partial charge in [0.1, 0.15) is 0 Å². The molecular formula is C13H21N3O2. The van der Waals surface area contributed by atoms with Crippen molar-refractivity contribution in [2.75, 3.05) is 6.54 Å². The van der Waals surface area contributed by atoms with Crippen LogP contribution in [0.25, 0.3) is 0 Å². The van der Waals surface area contributed by atoms with Crippen molar-refractivity contribution in [2.45, 2.75) is 45.7 Å². The maximum Gasteiger partial charge on any atom is 0.308 e. The van der Waals surface area contributed by atoms with Gasteiger partial charge in [0, 0.05) is 18.3 Å². The molecule has 1 aromatic heterocycles. The highest BCUT2D eigenvalue weighted by Gasteiger charge is 2.35. The van der Waals surface area contributed by atoms with Crippen LogP contribution in [0.4, 0.5) is 0 Å². The summed E-state index contributed by atoms with van der Waals surface area (Å²) in [4.78, 5) is 10.8. The summed E-state index contributed by atoms with van der Waals surface area (Å²) < 4.78 is 2.01. The van der Waals surface area contributed by atoms with Crippen molar-refractivity contribution in [3.05, 3.63) is 17.5 Å². The third-order valence-corrected chi connectivity index (χ3v) is 3.65. The van der Waals surface area contributed by atoms with Gasteiger partial charge in [0.2, 0.25) is 0 Å². The second-order valence-electron chi connectivity index (χ2n) is 5.09. The zero-order chi connectivity index (χ0) is 13.1. The molecule has 0 aromatic carbocycles. The number of rotatable bonds is 6. The Kier molecular flexibility index (Phi) is 4.01. The second kappa shape index (κ2) is 5.52. The van der Waals surface area contributed by atoms with E-state index in [2.05, 4.69) is 23.4 Å². The van der Waals surface area contributed by atoms with Crippen LogP contribution in [0.15, 0.2) is 6.07 Å². The number of nitrogens with one attached hydrogen (secondary N) is 1. The van der Waals surface area contributed by atoms with Crippen LogP contribution in [0.1, 0.15) is 30.7 Å². The summed E-state index contributed by atoms with van der Waals surface area (Å²) >= 11 is 0. The fourth-order valence-corrected chi connectivity index (χ4v) is 2.46. The molecule has 1 saturated carbocycles. The standard InChI is InChI=1S/C13H21N3O2/c1-9-8-10(2)16(15-9)7-3-6-14-12-5-4-11(12)13(17)18/h8,11-12,14H,3-7H2,1-2H3,(H,17,18). The number of aromatic nitrogens is 2. The third-order valence-electron chi connectivity index (χ3n) is 3.65. The molecular weight excluding hydrogens is 230 g/mol. The fraction of sp³-hybridized carbons (Fsp3) is 0.692. The molecule has 1 heterocycles. The minimum absolute atomic E-state index is 0.169. The molecule has 5 nitrogen and oxygen atoms in total. The Labute approximate surface area is 107 Å². The Morgan fingerprint density at radius 3 is 2.83 bits per heavy atom. The predicted octanol–water partition coefficient (Wildman–Crippen LogP) is 1.34. The van der Waals surface area contributed by atoms with E-state index in [0.29, 0.717) is 0 Å². The van der Waals surface area contributed by atoms with E-state index in [0.717, 1.165) is 38.0 Å². The van der Waals surface area contributed by atoms with Crippen molar-refractivity contribution in [3.63, 3.8) is 0 Å². The first-order valence-electron chi connectivity index (χ1n) is 6.55. The zero-order valence-corrected chi connectivity index (χ0v) is 11.0. The Morgan fingerprint density at radius 2 is 2.33 bits per heavy atom. The molecule has 2 unspecified atom stereocenters. The maximum absolute atomic E-state index is 10.8. The number of aliphatic carboxylic acids is 1. The maximum atomic E-state index is 10.8. The Balaban J connectivity index is 1.67. The molecule has 0 saturated heterocycles. The number of aryl methyl sites for hydroxylation is 3. The van der Waals surface area contributed by atoms with Gasteiger partial charge >= 0.3 is 5.97 Å². The molecule has 100 valence electrons. The summed E-state index contributed by atoms with van der Waals surface area (Å²) in [6, 6.07) is 2.24. The summed E-state index contributed by atoms with van der Waals surface area (Å²) in [6.07, 6.45) is 2.77. The van der Waals surface area contributed by atoms with E-state index < -0.39 is 5.97 Å². The van der Waals surface area contributed by atoms with Gasteiger partial charge in [-0.05, 0) is 45.7 Å². The molecule has 0 spiro atoms. The summed E-state index contributed by atoms with van der Waals surface area (Å²) in [6.45, 7) is 5.79. The topological polar surface area (TPSA) is 67.2 Å². The van der Waals surface area contributed by atoms with Crippen LogP contribution in [-0.2, 0) is 11.3 Å². The average Bonchev–Trinajstić information content (AvgIpc) is 2.54. The summed E-state index contributed by atoms with van der Waals surface area (Å²) in [5.41, 5.74) is 2.23. The first-order valence-corrected chi connectivity index (χ1v) is 6.55. The van der Waals surface area contributed by atoms with Gasteiger partial charge in [-0.3, -0.25) is 9.48 Å². The predicted molar refractivity (Wildman–Crippen MR) is 68.5 cm³/mol. The van der Waals surface area contributed by atoms with Crippen LogP contribution < -0.4 is 5.32 Å². The van der Waals surface area contributed by atoms with Gasteiger partial charge in [-0.1, -0.05) is 0 Å². The van der Waals surface area contributed by atoms with E-state index in [1.165, 1.54) is 5.69 Å². The molecule has 1 aliphatic carbocycles. The molecule has 1 aliphatic rings. The molecule has 0 radical (unpaired) electrons. The van der Waals surface area contributed by atoms with Crippen molar-refractivity contribution >= 4 is 5.97 Å². The SMILES string of the molecule is Cc1cc(C)n(CCCNC2CCC2C(=O)O)n1. The van der Waals surface area contributed by atoms with E-state index in [1.807, 2.05) is 11.6 Å². The normalized spacial score (nSPS) is 22.8. The van der Waals surface area contributed by atoms with Crippen LogP contribution in [-0.4, -0.2) is 33.4 Å². The van der Waals surface area contributed by atoms with E-state index in [-0.39, 0.29) is 12.0 Å². The van der Waals surface area contributed by atoms with E-state index in [4.69, 9.17) is 5.11 Å². The van der Waals surface area contributed by atoms with Gasteiger partial charge in [-0.25, -0.2) is 0 Å². The van der Waals surface area contributed by atoms with Gasteiger partial charge in [0.25, 0.3) is 0 Å². The lowest BCUT2D eigenvalue weighted by Gasteiger charge is -2.34. The van der Waals surface area contributed by atoms with Crippen molar-refractivity contribution < 1.29 is 9.90 Å². The number of nitrogens with zero attached hydrogens (tertiary/aromatic N) is 2. The molecule has 2 N–H and O–H groups in total. The second-order valence-corrected chi connectivity index (χ2v) is 5.09. The first kappa shape index (κ1) is 13.1. The summed E-state index contributed by atoms with van der Waals surface area (Å²) in [5, 5.41) is 16.6. The van der Waals surface area contributed by atoms with Gasteiger partial charge in [0.15, 0.2) is 0 Å². The number of carbonyl (C=O) groups is 1. The van der Waals surface area contributed by atoms with Gasteiger partial charge in [-0.15, -0.1) is 0 Å². The highest BCUT2D eigenvalue weighted by atomic mass is 16.4. The highest BCUT2D eigenvalue weighted by Crippen LogP contribution is 2.27. The number of hydrogen-bond acceptors (Lipinski definition) is 3. The lowest BCUT2D eigenvalue weighted by molar-refractivity contribution is -0.146. The number of carboxylic acid groups (broad SMARTS) is 1. The molecule has 2 atom stereocenters. The van der Waals surface area contributed by atoms with Crippen LogP contribution in [0.2, 0.25) is 0 Å². The van der Waals surface area contributed by atoms with Gasteiger partial charge < -0.3 is 10.4 Å². The minimum atomic E-state index is -0.669. The molecule has 2 rings (SSSR count). The fourth-order valence-electron chi connectivity index (χ4n) is 2.46. The van der Waals surface area contributed by atoms with Crippen LogP contribution in [0.3, 0.4) is 0 Å². The Hall–Kier alpha value is -1.36. The van der Waals surface area contributed by atoms with Crippen molar-refractivity contribution in [2.24, 2.45) is 5.92 Å². The average molecular weight is 251 g/mol. The van der Waals surface area contributed by atoms with Gasteiger partial charge in [-0.2, -0.15) is 5.10 Å². The first-order chi connectivity index (χ1) is 8.58. The highest BCUT2D eigenvalue weighted by molar-refractivity contribution is 5.72. The van der Waals surface area contributed by atoms with E-state index >= 15 is 0 Å². The van der Waals surface area contributed by atoms with Gasteiger partial charge in [0.05, 0.1) is 11.6 Å². The molecule has 0 bridgehead atoms. The monoisotopic (exact) mass is 251 g/mol. The molecule has 5 heteroatoms. The largest absolute Gasteiger partial charge is 0.481 e. The lowest BCUT2D eigenvalue weighted by atomic mass is 9.79. The Bertz CT molecular complexity index is 428. The molecule has 1 fully saturated rings. The molecule has 0 amide bonds. The van der Waals surface area contributed by atoms with E-state index in [1.54, 1.807) is 0 Å². The lowest BCUT2D eigenvalue weighted by Crippen LogP contribution is -2.48. The zero-order valence-electron chi connectivity index (χ0n) is 11.0. The number of hydrogen-bond donors (Lipinski definition) is 2. The van der Waals surface area contributed by atoms with E-state index in [9.17, 15) is 4.79 Å². The summed E-state index contributed by atoms with van der Waals surface area (Å²) in [7, 11) is 0. The molecule has 1 aromatic rings. The van der Waals surface area contributed by atoms with Crippen molar-refractivity contribution in [3.8, 4) is 0 Å². The van der Waals surface area contributed by atoms with Crippen LogP contribution >= 0.6 is 0 Å². The Morgan fingerprint density at radius 1 is 1.56 bits per heavy atom. The molecule has 18 heavy (non-hydrogen) atoms. The summed E-state index contributed by atoms with van der Waals surface area (Å²) in [5.74, 6) is -0.851.